The van der Waals surface area contributed by atoms with Gasteiger partial charge in [0.05, 0.1) is 0 Å². The van der Waals surface area contributed by atoms with Crippen LogP contribution in [0.4, 0.5) is 5.69 Å². The maximum atomic E-state index is 2.35. The van der Waals surface area contributed by atoms with Gasteiger partial charge in [-0.2, -0.15) is 0 Å². The molecule has 0 aromatic heterocycles. The summed E-state index contributed by atoms with van der Waals surface area (Å²) in [6.07, 6.45) is 3.91. The van der Waals surface area contributed by atoms with Crippen LogP contribution in [0.15, 0.2) is 30.3 Å². The van der Waals surface area contributed by atoms with Gasteiger partial charge in [-0.05, 0) is 31.4 Å². The number of anilines is 1. The summed E-state index contributed by atoms with van der Waals surface area (Å²) in [5, 5.41) is 0. The molecule has 0 aliphatic carbocycles. The van der Waals surface area contributed by atoms with Gasteiger partial charge in [-0.25, -0.2) is 0 Å². The van der Waals surface area contributed by atoms with Crippen LogP contribution < -0.4 is 4.90 Å². The van der Waals surface area contributed by atoms with E-state index in [2.05, 4.69) is 41.8 Å². The van der Waals surface area contributed by atoms with E-state index >= 15 is 0 Å². The normalized spacial score (nSPS) is 17.8. The molecule has 63 valence electrons. The maximum absolute atomic E-state index is 2.35. The van der Waals surface area contributed by atoms with Crippen LogP contribution in [-0.4, -0.2) is 6.54 Å². The second-order valence-corrected chi connectivity index (χ2v) is 3.21. The van der Waals surface area contributed by atoms with Gasteiger partial charge in [0.15, 0.2) is 0 Å². The Morgan fingerprint density at radius 1 is 1.00 bits per heavy atom. The van der Waals surface area contributed by atoms with Crippen LogP contribution in [0.1, 0.15) is 19.3 Å². The van der Waals surface area contributed by atoms with Crippen molar-refractivity contribution in [3.05, 3.63) is 36.9 Å². The molecule has 1 nitrogen and oxygen atoms in total. The fraction of sp³-hybridized carbons (Fsp3) is 0.364. The van der Waals surface area contributed by atoms with E-state index in [1.54, 1.807) is 0 Å². The molecule has 0 saturated carbocycles. The highest BCUT2D eigenvalue weighted by atomic mass is 15.1. The van der Waals surface area contributed by atoms with E-state index in [1.807, 2.05) is 0 Å². The number of hydrogen-bond acceptors (Lipinski definition) is 1. The molecule has 12 heavy (non-hydrogen) atoms. The molecule has 2 rings (SSSR count). The molecule has 0 unspecified atom stereocenters. The van der Waals surface area contributed by atoms with Gasteiger partial charge >= 0.3 is 0 Å². The summed E-state index contributed by atoms with van der Waals surface area (Å²) in [6.45, 7) is 3.49. The molecule has 1 aliphatic heterocycles. The lowest BCUT2D eigenvalue weighted by atomic mass is 10.1. The first-order valence-electron chi connectivity index (χ1n) is 4.62. The maximum Gasteiger partial charge on any atom is 0.0493 e. The summed E-state index contributed by atoms with van der Waals surface area (Å²) in [7, 11) is 0. The van der Waals surface area contributed by atoms with E-state index in [-0.39, 0.29) is 0 Å². The first-order chi connectivity index (χ1) is 5.97. The van der Waals surface area contributed by atoms with Gasteiger partial charge in [-0.15, -0.1) is 0 Å². The van der Waals surface area contributed by atoms with Crippen LogP contribution in [0.2, 0.25) is 0 Å². The standard InChI is InChI=1S/C11H14N/c1-3-7-11(8-4-1)12-9-5-2-6-10-12/h1,3-4,7-9H,2,5-6,10H2. The molecule has 1 heterocycles. The van der Waals surface area contributed by atoms with Crippen molar-refractivity contribution in [1.29, 1.82) is 0 Å². The van der Waals surface area contributed by atoms with Crippen molar-refractivity contribution in [2.24, 2.45) is 0 Å². The molecule has 1 heteroatoms. The minimum Gasteiger partial charge on any atom is -0.366 e. The smallest absolute Gasteiger partial charge is 0.0493 e. The van der Waals surface area contributed by atoms with Gasteiger partial charge in [0, 0.05) is 18.8 Å². The Bertz CT molecular complexity index is 224. The first kappa shape index (κ1) is 7.66. The molecule has 0 N–H and O–H groups in total. The van der Waals surface area contributed by atoms with Gasteiger partial charge in [0.25, 0.3) is 0 Å². The predicted octanol–water partition coefficient (Wildman–Crippen LogP) is 2.84. The second kappa shape index (κ2) is 3.61. The van der Waals surface area contributed by atoms with Gasteiger partial charge in [0.1, 0.15) is 0 Å². The average Bonchev–Trinajstić information content (AvgIpc) is 2.21. The summed E-state index contributed by atoms with van der Waals surface area (Å²) in [5.74, 6) is 0. The number of rotatable bonds is 1. The Labute approximate surface area is 74.0 Å². The van der Waals surface area contributed by atoms with E-state index in [0.717, 1.165) is 0 Å². The van der Waals surface area contributed by atoms with E-state index < -0.39 is 0 Å². The number of piperidine rings is 1. The van der Waals surface area contributed by atoms with Crippen molar-refractivity contribution in [1.82, 2.24) is 0 Å². The summed E-state index contributed by atoms with van der Waals surface area (Å²) in [4.78, 5) is 2.35. The Morgan fingerprint density at radius 2 is 1.83 bits per heavy atom. The van der Waals surface area contributed by atoms with E-state index in [4.69, 9.17) is 0 Å². The SMILES string of the molecule is [CH]1CCCCN1c1ccccc1. The highest BCUT2D eigenvalue weighted by molar-refractivity contribution is 5.47. The van der Waals surface area contributed by atoms with E-state index in [1.165, 1.54) is 31.5 Å². The van der Waals surface area contributed by atoms with Gasteiger partial charge in [-0.1, -0.05) is 18.2 Å². The van der Waals surface area contributed by atoms with Gasteiger partial charge in [-0.3, -0.25) is 0 Å². The largest absolute Gasteiger partial charge is 0.366 e. The molecule has 0 spiro atoms. The monoisotopic (exact) mass is 160 g/mol. The molecule has 1 aliphatic rings. The van der Waals surface area contributed by atoms with Crippen LogP contribution in [0, 0.1) is 6.54 Å². The number of nitrogens with zero attached hydrogens (tertiary/aromatic N) is 1. The minimum atomic E-state index is 1.18. The minimum absolute atomic E-state index is 1.18. The molecule has 0 amide bonds. The average molecular weight is 160 g/mol. The van der Waals surface area contributed by atoms with Crippen molar-refractivity contribution in [3.63, 3.8) is 0 Å². The van der Waals surface area contributed by atoms with Crippen molar-refractivity contribution >= 4 is 5.69 Å². The third-order valence-corrected chi connectivity index (χ3v) is 2.29. The molecule has 0 atom stereocenters. The molecule has 1 aromatic carbocycles. The quantitative estimate of drug-likeness (QED) is 0.610. The molecule has 1 aromatic rings. The molecule has 1 fully saturated rings. The molecule has 1 saturated heterocycles. The van der Waals surface area contributed by atoms with Crippen LogP contribution >= 0.6 is 0 Å². The number of para-hydroxylation sites is 1. The Morgan fingerprint density at radius 3 is 2.50 bits per heavy atom. The molecule has 0 bridgehead atoms. The Hall–Kier alpha value is -0.980. The van der Waals surface area contributed by atoms with Crippen molar-refractivity contribution in [2.75, 3.05) is 11.4 Å². The zero-order valence-electron chi connectivity index (χ0n) is 7.24. The summed E-state index contributed by atoms with van der Waals surface area (Å²) < 4.78 is 0. The number of hydrogen-bond donors (Lipinski definition) is 0. The van der Waals surface area contributed by atoms with Crippen LogP contribution in [0.5, 0.6) is 0 Å². The Kier molecular flexibility index (Phi) is 2.31. The van der Waals surface area contributed by atoms with Crippen molar-refractivity contribution in [3.8, 4) is 0 Å². The molecule has 1 radical (unpaired) electrons. The fourth-order valence-electron chi connectivity index (χ4n) is 1.62. The lowest BCUT2D eigenvalue weighted by Gasteiger charge is -2.27. The third-order valence-electron chi connectivity index (χ3n) is 2.29. The zero-order valence-corrected chi connectivity index (χ0v) is 7.24. The predicted molar refractivity (Wildman–Crippen MR) is 51.9 cm³/mol. The lowest BCUT2D eigenvalue weighted by molar-refractivity contribution is 0.633. The summed E-state index contributed by atoms with van der Waals surface area (Å²) >= 11 is 0. The van der Waals surface area contributed by atoms with Crippen molar-refractivity contribution in [2.45, 2.75) is 19.3 Å². The highest BCUT2D eigenvalue weighted by Gasteiger charge is 2.09. The van der Waals surface area contributed by atoms with Crippen LogP contribution in [0.3, 0.4) is 0 Å². The third kappa shape index (κ3) is 1.60. The fourth-order valence-corrected chi connectivity index (χ4v) is 1.62. The second-order valence-electron chi connectivity index (χ2n) is 3.21. The van der Waals surface area contributed by atoms with Crippen LogP contribution in [-0.2, 0) is 0 Å². The Balaban J connectivity index is 2.08. The van der Waals surface area contributed by atoms with E-state index in [0.29, 0.717) is 0 Å². The zero-order chi connectivity index (χ0) is 8.23. The van der Waals surface area contributed by atoms with Gasteiger partial charge < -0.3 is 4.90 Å². The summed E-state index contributed by atoms with van der Waals surface area (Å²) in [6, 6.07) is 10.6. The topological polar surface area (TPSA) is 3.24 Å². The van der Waals surface area contributed by atoms with E-state index in [9.17, 15) is 0 Å². The highest BCUT2D eigenvalue weighted by Crippen LogP contribution is 2.21. The summed E-state index contributed by atoms with van der Waals surface area (Å²) in [5.41, 5.74) is 1.33. The molecular formula is C11H14N. The first-order valence-corrected chi connectivity index (χ1v) is 4.62. The van der Waals surface area contributed by atoms with Gasteiger partial charge in [0.2, 0.25) is 0 Å². The van der Waals surface area contributed by atoms with Crippen LogP contribution in [0.25, 0.3) is 0 Å². The molecular weight excluding hydrogens is 146 g/mol. The number of benzene rings is 1. The van der Waals surface area contributed by atoms with Crippen molar-refractivity contribution < 1.29 is 0 Å². The lowest BCUT2D eigenvalue weighted by Crippen LogP contribution is -2.24.